The molecule has 10 heteroatoms. The summed E-state index contributed by atoms with van der Waals surface area (Å²) in [6, 6.07) is 19.4. The zero-order valence-electron chi connectivity index (χ0n) is 21.1. The van der Waals surface area contributed by atoms with Crippen molar-refractivity contribution in [2.45, 2.75) is 31.3 Å². The van der Waals surface area contributed by atoms with Crippen LogP contribution in [0.1, 0.15) is 18.1 Å². The van der Waals surface area contributed by atoms with E-state index < -0.39 is 28.5 Å². The Bertz CT molecular complexity index is 1330. The molecule has 196 valence electrons. The quantitative estimate of drug-likeness (QED) is 0.385. The zero-order chi connectivity index (χ0) is 27.2. The van der Waals surface area contributed by atoms with Crippen LogP contribution in [0.5, 0.6) is 5.75 Å². The Morgan fingerprint density at radius 1 is 0.973 bits per heavy atom. The number of nitrogens with one attached hydrogen (secondary N) is 1. The van der Waals surface area contributed by atoms with Gasteiger partial charge in [0.2, 0.25) is 11.8 Å². The van der Waals surface area contributed by atoms with Crippen LogP contribution in [-0.2, 0) is 26.2 Å². The zero-order valence-corrected chi connectivity index (χ0v) is 23.5. The van der Waals surface area contributed by atoms with Crippen molar-refractivity contribution >= 4 is 43.5 Å². The van der Waals surface area contributed by atoms with Gasteiger partial charge < -0.3 is 15.0 Å². The number of sulfonamides is 1. The number of carbonyl (C=O) groups is 2. The van der Waals surface area contributed by atoms with E-state index in [1.165, 1.54) is 31.2 Å². The Morgan fingerprint density at radius 3 is 2.11 bits per heavy atom. The first-order valence-electron chi connectivity index (χ1n) is 11.6. The molecule has 1 atom stereocenters. The lowest BCUT2D eigenvalue weighted by Crippen LogP contribution is -2.50. The second-order valence-corrected chi connectivity index (χ2v) is 11.2. The number of rotatable bonds is 10. The average molecular weight is 589 g/mol. The van der Waals surface area contributed by atoms with Crippen LogP contribution in [0.15, 0.2) is 82.2 Å². The number of benzene rings is 3. The van der Waals surface area contributed by atoms with Gasteiger partial charge in [-0.05, 0) is 67.9 Å². The average Bonchev–Trinajstić information content (AvgIpc) is 2.90. The summed E-state index contributed by atoms with van der Waals surface area (Å²) in [5, 5.41) is 2.57. The second-order valence-electron chi connectivity index (χ2n) is 8.46. The summed E-state index contributed by atoms with van der Waals surface area (Å²) in [5.74, 6) is -0.332. The Morgan fingerprint density at radius 2 is 1.57 bits per heavy atom. The number of aryl methyl sites for hydroxylation is 1. The van der Waals surface area contributed by atoms with Crippen LogP contribution in [-0.4, -0.2) is 51.9 Å². The van der Waals surface area contributed by atoms with Gasteiger partial charge in [0.15, 0.2) is 0 Å². The highest BCUT2D eigenvalue weighted by atomic mass is 79.9. The van der Waals surface area contributed by atoms with Crippen LogP contribution >= 0.6 is 15.9 Å². The van der Waals surface area contributed by atoms with E-state index in [9.17, 15) is 18.0 Å². The Balaban J connectivity index is 2.02. The van der Waals surface area contributed by atoms with Crippen LogP contribution in [0.3, 0.4) is 0 Å². The van der Waals surface area contributed by atoms with Crippen molar-refractivity contribution in [3.05, 3.63) is 88.4 Å². The number of likely N-dealkylation sites (N-methyl/N-ethyl adjacent to an activating group) is 1. The summed E-state index contributed by atoms with van der Waals surface area (Å²) >= 11 is 3.39. The van der Waals surface area contributed by atoms with Crippen LogP contribution in [0.4, 0.5) is 5.69 Å². The van der Waals surface area contributed by atoms with E-state index in [0.717, 1.165) is 19.9 Å². The van der Waals surface area contributed by atoms with Gasteiger partial charge in [-0.2, -0.15) is 0 Å². The van der Waals surface area contributed by atoms with Gasteiger partial charge in [0.25, 0.3) is 10.0 Å². The number of hydrogen-bond acceptors (Lipinski definition) is 5. The van der Waals surface area contributed by atoms with E-state index in [0.29, 0.717) is 11.4 Å². The summed E-state index contributed by atoms with van der Waals surface area (Å²) in [5.41, 5.74) is 2.00. The van der Waals surface area contributed by atoms with Crippen LogP contribution in [0, 0.1) is 6.92 Å². The van der Waals surface area contributed by atoms with E-state index in [2.05, 4.69) is 21.2 Å². The summed E-state index contributed by atoms with van der Waals surface area (Å²) < 4.78 is 34.6. The van der Waals surface area contributed by atoms with Crippen molar-refractivity contribution in [3.8, 4) is 5.75 Å². The van der Waals surface area contributed by atoms with Gasteiger partial charge in [0.05, 0.1) is 17.7 Å². The fourth-order valence-corrected chi connectivity index (χ4v) is 5.37. The molecule has 1 N–H and O–H groups in total. The molecule has 0 heterocycles. The number of carbonyl (C=O) groups excluding carboxylic acids is 2. The molecule has 8 nitrogen and oxygen atoms in total. The molecule has 0 saturated heterocycles. The molecule has 37 heavy (non-hydrogen) atoms. The molecule has 3 aromatic rings. The molecule has 0 aliphatic heterocycles. The van der Waals surface area contributed by atoms with Crippen LogP contribution in [0.2, 0.25) is 0 Å². The first-order chi connectivity index (χ1) is 17.6. The molecule has 3 aromatic carbocycles. The third kappa shape index (κ3) is 6.90. The Kier molecular flexibility index (Phi) is 9.34. The predicted molar refractivity (Wildman–Crippen MR) is 147 cm³/mol. The Hall–Kier alpha value is -3.37. The molecule has 0 fully saturated rings. The van der Waals surface area contributed by atoms with Gasteiger partial charge in [-0.15, -0.1) is 0 Å². The van der Waals surface area contributed by atoms with Crippen LogP contribution < -0.4 is 14.4 Å². The molecule has 0 saturated carbocycles. The maximum absolute atomic E-state index is 13.8. The molecule has 0 bridgehead atoms. The summed E-state index contributed by atoms with van der Waals surface area (Å²) in [4.78, 5) is 27.7. The minimum absolute atomic E-state index is 0.0560. The molecule has 0 aliphatic carbocycles. The highest BCUT2D eigenvalue weighted by Gasteiger charge is 2.32. The number of anilines is 1. The van der Waals surface area contributed by atoms with E-state index in [4.69, 9.17) is 4.74 Å². The predicted octanol–water partition coefficient (Wildman–Crippen LogP) is 4.12. The second kappa shape index (κ2) is 12.2. The molecule has 3 rings (SSSR count). The van der Waals surface area contributed by atoms with E-state index in [1.807, 2.05) is 31.2 Å². The third-order valence-electron chi connectivity index (χ3n) is 5.93. The van der Waals surface area contributed by atoms with Gasteiger partial charge in [-0.1, -0.05) is 45.8 Å². The van der Waals surface area contributed by atoms with Crippen molar-refractivity contribution in [3.63, 3.8) is 0 Å². The molecule has 2 amide bonds. The lowest BCUT2D eigenvalue weighted by Gasteiger charge is -2.31. The maximum Gasteiger partial charge on any atom is 0.264 e. The number of amides is 2. The number of methoxy groups -OCH3 is 1. The first kappa shape index (κ1) is 28.2. The third-order valence-corrected chi connectivity index (χ3v) is 8.24. The smallest absolute Gasteiger partial charge is 0.264 e. The highest BCUT2D eigenvalue weighted by molar-refractivity contribution is 9.10. The van der Waals surface area contributed by atoms with Crippen molar-refractivity contribution in [2.24, 2.45) is 0 Å². The van der Waals surface area contributed by atoms with E-state index >= 15 is 0 Å². The minimum Gasteiger partial charge on any atom is -0.497 e. The molecule has 0 spiro atoms. The van der Waals surface area contributed by atoms with Gasteiger partial charge in [-0.3, -0.25) is 13.9 Å². The van der Waals surface area contributed by atoms with E-state index in [-0.39, 0.29) is 17.3 Å². The molecule has 0 aromatic heterocycles. The standard InChI is InChI=1S/C27H30BrN3O5S/c1-19-5-15-25(16-6-19)37(34,35)31(23-11-13-24(36-4)14-12-23)18-26(32)30(20(2)27(33)29-3)17-21-7-9-22(28)10-8-21/h5-16,20H,17-18H2,1-4H3,(H,29,33)/t20-/m1/s1. The fourth-order valence-electron chi connectivity index (χ4n) is 3.69. The number of ether oxygens (including phenoxy) is 1. The van der Waals surface area contributed by atoms with E-state index in [1.54, 1.807) is 43.3 Å². The molecule has 0 aliphatic rings. The summed E-state index contributed by atoms with van der Waals surface area (Å²) in [7, 11) is -1.10. The van der Waals surface area contributed by atoms with Gasteiger partial charge >= 0.3 is 0 Å². The van der Waals surface area contributed by atoms with Crippen molar-refractivity contribution in [2.75, 3.05) is 25.0 Å². The van der Waals surface area contributed by atoms with Crippen molar-refractivity contribution in [1.82, 2.24) is 10.2 Å². The number of halogens is 1. The lowest BCUT2D eigenvalue weighted by molar-refractivity contribution is -0.139. The van der Waals surface area contributed by atoms with Gasteiger partial charge in [-0.25, -0.2) is 8.42 Å². The van der Waals surface area contributed by atoms with Crippen molar-refractivity contribution in [1.29, 1.82) is 0 Å². The topological polar surface area (TPSA) is 96.0 Å². The van der Waals surface area contributed by atoms with Crippen molar-refractivity contribution < 1.29 is 22.7 Å². The molecular weight excluding hydrogens is 558 g/mol. The van der Waals surface area contributed by atoms with Gasteiger partial charge in [0.1, 0.15) is 18.3 Å². The summed E-state index contributed by atoms with van der Waals surface area (Å²) in [6.45, 7) is 3.10. The largest absolute Gasteiger partial charge is 0.497 e. The fraction of sp³-hybridized carbons (Fsp3) is 0.259. The molecular formula is C27H30BrN3O5S. The monoisotopic (exact) mass is 587 g/mol. The SMILES string of the molecule is CNC(=O)[C@@H](C)N(Cc1ccc(Br)cc1)C(=O)CN(c1ccc(OC)cc1)S(=O)(=O)c1ccc(C)cc1. The number of nitrogens with zero attached hydrogens (tertiary/aromatic N) is 2. The number of hydrogen-bond donors (Lipinski definition) is 1. The minimum atomic E-state index is -4.11. The highest BCUT2D eigenvalue weighted by Crippen LogP contribution is 2.27. The maximum atomic E-state index is 13.8. The summed E-state index contributed by atoms with van der Waals surface area (Å²) in [6.07, 6.45) is 0. The first-order valence-corrected chi connectivity index (χ1v) is 13.8. The lowest BCUT2D eigenvalue weighted by atomic mass is 10.1. The molecule has 0 radical (unpaired) electrons. The Labute approximate surface area is 226 Å². The van der Waals surface area contributed by atoms with Gasteiger partial charge in [0, 0.05) is 18.1 Å². The molecule has 0 unspecified atom stereocenters. The normalized spacial score (nSPS) is 11.9. The van der Waals surface area contributed by atoms with Crippen LogP contribution in [0.25, 0.3) is 0 Å².